The Morgan fingerprint density at radius 3 is 2.35 bits per heavy atom. The van der Waals surface area contributed by atoms with Crippen LogP contribution in [0.2, 0.25) is 0 Å². The molecule has 0 unspecified atom stereocenters. The van der Waals surface area contributed by atoms with E-state index in [1.807, 2.05) is 24.3 Å². The van der Waals surface area contributed by atoms with Crippen molar-refractivity contribution in [1.82, 2.24) is 25.5 Å². The van der Waals surface area contributed by atoms with Crippen molar-refractivity contribution in [2.45, 2.75) is 19.1 Å². The van der Waals surface area contributed by atoms with Crippen LogP contribution in [0.5, 0.6) is 0 Å². The van der Waals surface area contributed by atoms with Gasteiger partial charge in [-0.3, -0.25) is 14.4 Å². The van der Waals surface area contributed by atoms with Gasteiger partial charge in [-0.2, -0.15) is 0 Å². The number of aromatic amines is 1. The molecule has 1 atom stereocenters. The molecule has 3 aromatic rings. The molecular formula is C22H24N6O6. The van der Waals surface area contributed by atoms with Gasteiger partial charge in [0.2, 0.25) is 0 Å². The van der Waals surface area contributed by atoms with E-state index >= 15 is 0 Å². The summed E-state index contributed by atoms with van der Waals surface area (Å²) in [6, 6.07) is 11.9. The second-order valence-electron chi connectivity index (χ2n) is 7.46. The van der Waals surface area contributed by atoms with Crippen molar-refractivity contribution in [2.24, 2.45) is 5.73 Å². The Balaban J connectivity index is 1.70. The smallest absolute Gasteiger partial charge is 0.323 e. The van der Waals surface area contributed by atoms with Crippen molar-refractivity contribution in [3.05, 3.63) is 65.5 Å². The lowest BCUT2D eigenvalue weighted by molar-refractivity contribution is -0.138. The average molecular weight is 468 g/mol. The highest BCUT2D eigenvalue weighted by molar-refractivity contribution is 5.94. The number of rotatable bonds is 10. The third-order valence-corrected chi connectivity index (χ3v) is 4.85. The number of aromatic nitrogens is 2. The number of urea groups is 1. The topological polar surface area (TPSA) is 191 Å². The Morgan fingerprint density at radius 1 is 1.00 bits per heavy atom. The van der Waals surface area contributed by atoms with Crippen LogP contribution in [-0.2, 0) is 22.7 Å². The second-order valence-corrected chi connectivity index (χ2v) is 7.46. The zero-order chi connectivity index (χ0) is 24.7. The highest BCUT2D eigenvalue weighted by atomic mass is 16.4. The van der Waals surface area contributed by atoms with Gasteiger partial charge in [-0.15, -0.1) is 0 Å². The molecule has 0 spiro atoms. The summed E-state index contributed by atoms with van der Waals surface area (Å²) in [5, 5.41) is 22.5. The van der Waals surface area contributed by atoms with Crippen LogP contribution >= 0.6 is 0 Å². The van der Waals surface area contributed by atoms with Crippen molar-refractivity contribution in [1.29, 1.82) is 0 Å². The van der Waals surface area contributed by atoms with E-state index in [4.69, 9.17) is 15.9 Å². The van der Waals surface area contributed by atoms with E-state index < -0.39 is 36.5 Å². The van der Waals surface area contributed by atoms with Gasteiger partial charge in [-0.25, -0.2) is 9.78 Å². The summed E-state index contributed by atoms with van der Waals surface area (Å²) in [7, 11) is 0. The number of amides is 3. The van der Waals surface area contributed by atoms with Crippen LogP contribution in [0.4, 0.5) is 4.79 Å². The van der Waals surface area contributed by atoms with Crippen LogP contribution in [0.25, 0.3) is 11.0 Å². The summed E-state index contributed by atoms with van der Waals surface area (Å²) in [5.41, 5.74) is 7.90. The number of nitrogens with one attached hydrogen (secondary N) is 3. The monoisotopic (exact) mass is 468 g/mol. The van der Waals surface area contributed by atoms with Crippen molar-refractivity contribution < 1.29 is 29.4 Å². The number of imidazole rings is 1. The summed E-state index contributed by atoms with van der Waals surface area (Å²) >= 11 is 0. The normalized spacial score (nSPS) is 11.6. The number of carboxylic acids is 2. The fourth-order valence-corrected chi connectivity index (χ4v) is 3.10. The minimum atomic E-state index is -1.22. The molecule has 0 aliphatic rings. The third kappa shape index (κ3) is 6.53. The van der Waals surface area contributed by atoms with Gasteiger partial charge in [-0.1, -0.05) is 24.3 Å². The number of nitrogens with two attached hydrogens (primary N) is 1. The largest absolute Gasteiger partial charge is 0.480 e. The number of fused-ring (bicyclic) bond motifs is 1. The van der Waals surface area contributed by atoms with Gasteiger partial charge in [0, 0.05) is 18.7 Å². The number of benzene rings is 2. The molecule has 12 nitrogen and oxygen atoms in total. The number of aliphatic carboxylic acids is 2. The predicted octanol–water partition coefficient (Wildman–Crippen LogP) is 0.501. The highest BCUT2D eigenvalue weighted by Crippen LogP contribution is 2.14. The maximum atomic E-state index is 12.6. The summed E-state index contributed by atoms with van der Waals surface area (Å²) in [6.45, 7) is -0.540. The third-order valence-electron chi connectivity index (χ3n) is 4.85. The molecule has 7 N–H and O–H groups in total. The van der Waals surface area contributed by atoms with Crippen molar-refractivity contribution in [2.75, 3.05) is 13.1 Å². The standard InChI is InChI=1S/C22H24N6O6/c23-15(21(32)33)9-24-20(31)14-7-5-13(6-8-14)11-28(22(34)25-10-19(29)30)12-18-26-16-3-1-2-4-17(16)27-18/h1-8,15H,9-12,23H2,(H,24,31)(H,25,34)(H,26,27)(H,29,30)(H,32,33)/t15-/m0/s1. The van der Waals surface area contributed by atoms with Crippen molar-refractivity contribution >= 4 is 34.9 Å². The number of carbonyl (C=O) groups is 4. The van der Waals surface area contributed by atoms with E-state index in [1.165, 1.54) is 17.0 Å². The van der Waals surface area contributed by atoms with Crippen LogP contribution in [0.3, 0.4) is 0 Å². The lowest BCUT2D eigenvalue weighted by Crippen LogP contribution is -2.42. The van der Waals surface area contributed by atoms with Crippen LogP contribution in [-0.4, -0.2) is 68.1 Å². The lowest BCUT2D eigenvalue weighted by Gasteiger charge is -2.22. The number of para-hydroxylation sites is 2. The second kappa shape index (κ2) is 10.9. The average Bonchev–Trinajstić information content (AvgIpc) is 3.23. The number of carboxylic acid groups (broad SMARTS) is 2. The highest BCUT2D eigenvalue weighted by Gasteiger charge is 2.18. The molecule has 2 aromatic carbocycles. The van der Waals surface area contributed by atoms with E-state index in [9.17, 15) is 19.2 Å². The van der Waals surface area contributed by atoms with E-state index in [2.05, 4.69) is 20.6 Å². The molecule has 0 fully saturated rings. The Hall–Kier alpha value is -4.45. The molecule has 178 valence electrons. The summed E-state index contributed by atoms with van der Waals surface area (Å²) in [5.74, 6) is -2.35. The summed E-state index contributed by atoms with van der Waals surface area (Å²) in [6.07, 6.45) is 0. The van der Waals surface area contributed by atoms with Crippen molar-refractivity contribution in [3.63, 3.8) is 0 Å². The van der Waals surface area contributed by atoms with Gasteiger partial charge in [0.1, 0.15) is 18.4 Å². The summed E-state index contributed by atoms with van der Waals surface area (Å²) in [4.78, 5) is 55.4. The SMILES string of the molecule is N[C@@H](CNC(=O)c1ccc(CN(Cc2nc3ccccc3[nH]2)C(=O)NCC(=O)O)cc1)C(=O)O. The fraction of sp³-hybridized carbons (Fsp3) is 0.227. The molecule has 0 aliphatic heterocycles. The van der Waals surface area contributed by atoms with Gasteiger partial charge in [0.05, 0.1) is 17.6 Å². The van der Waals surface area contributed by atoms with Gasteiger partial charge < -0.3 is 36.5 Å². The van der Waals surface area contributed by atoms with Gasteiger partial charge in [-0.05, 0) is 29.8 Å². The first-order valence-corrected chi connectivity index (χ1v) is 10.3. The number of hydrogen-bond acceptors (Lipinski definition) is 6. The summed E-state index contributed by atoms with van der Waals surface area (Å²) < 4.78 is 0. The molecule has 0 saturated carbocycles. The van der Waals surface area contributed by atoms with Gasteiger partial charge in [0.25, 0.3) is 5.91 Å². The Kier molecular flexibility index (Phi) is 7.77. The van der Waals surface area contributed by atoms with E-state index in [0.29, 0.717) is 17.0 Å². The van der Waals surface area contributed by atoms with Crippen LogP contribution in [0.15, 0.2) is 48.5 Å². The Labute approximate surface area is 193 Å². The molecule has 12 heteroatoms. The fourth-order valence-electron chi connectivity index (χ4n) is 3.10. The molecular weight excluding hydrogens is 444 g/mol. The predicted molar refractivity (Wildman–Crippen MR) is 121 cm³/mol. The lowest BCUT2D eigenvalue weighted by atomic mass is 10.1. The van der Waals surface area contributed by atoms with Crippen LogP contribution in [0, 0.1) is 0 Å². The Morgan fingerprint density at radius 2 is 1.71 bits per heavy atom. The number of nitrogens with zero attached hydrogens (tertiary/aromatic N) is 2. The minimum absolute atomic E-state index is 0.0927. The number of hydrogen-bond donors (Lipinski definition) is 6. The van der Waals surface area contributed by atoms with Crippen LogP contribution in [0.1, 0.15) is 21.7 Å². The van der Waals surface area contributed by atoms with Gasteiger partial charge >= 0.3 is 18.0 Å². The first kappa shape index (κ1) is 24.2. The zero-order valence-electron chi connectivity index (χ0n) is 18.0. The molecule has 0 aliphatic carbocycles. The van der Waals surface area contributed by atoms with E-state index in [1.54, 1.807) is 12.1 Å². The van der Waals surface area contributed by atoms with Crippen LogP contribution < -0.4 is 16.4 Å². The first-order valence-electron chi connectivity index (χ1n) is 10.3. The Bertz CT molecular complexity index is 1160. The molecule has 1 aromatic heterocycles. The maximum absolute atomic E-state index is 12.6. The maximum Gasteiger partial charge on any atom is 0.323 e. The molecule has 0 bridgehead atoms. The molecule has 0 saturated heterocycles. The number of H-pyrrole nitrogens is 1. The minimum Gasteiger partial charge on any atom is -0.480 e. The van der Waals surface area contributed by atoms with Gasteiger partial charge in [0.15, 0.2) is 0 Å². The molecule has 1 heterocycles. The van der Waals surface area contributed by atoms with E-state index in [0.717, 1.165) is 11.0 Å². The molecule has 3 rings (SSSR count). The van der Waals surface area contributed by atoms with E-state index in [-0.39, 0.29) is 19.6 Å². The van der Waals surface area contributed by atoms with Crippen molar-refractivity contribution in [3.8, 4) is 0 Å². The number of carbonyl (C=O) groups excluding carboxylic acids is 2. The molecule has 34 heavy (non-hydrogen) atoms. The zero-order valence-corrected chi connectivity index (χ0v) is 18.0. The molecule has 3 amide bonds. The molecule has 0 radical (unpaired) electrons. The first-order chi connectivity index (χ1) is 16.2. The quantitative estimate of drug-likeness (QED) is 0.248.